The van der Waals surface area contributed by atoms with Crippen LogP contribution in [-0.4, -0.2) is 53.6 Å². The van der Waals surface area contributed by atoms with E-state index in [0.717, 1.165) is 45.6 Å². The third-order valence-corrected chi connectivity index (χ3v) is 6.39. The van der Waals surface area contributed by atoms with Gasteiger partial charge in [0, 0.05) is 32.2 Å². The molecule has 2 aromatic rings. The molecule has 27 heavy (non-hydrogen) atoms. The zero-order chi connectivity index (χ0) is 18.9. The van der Waals surface area contributed by atoms with Crippen LogP contribution in [0.15, 0.2) is 40.9 Å². The maximum atomic E-state index is 12.7. The minimum absolute atomic E-state index is 0.00414. The number of carbonyl (C=O) groups is 1. The van der Waals surface area contributed by atoms with Crippen LogP contribution in [0.4, 0.5) is 0 Å². The molecule has 2 aliphatic heterocycles. The van der Waals surface area contributed by atoms with Crippen molar-refractivity contribution in [2.75, 3.05) is 32.7 Å². The summed E-state index contributed by atoms with van der Waals surface area (Å²) in [6.07, 6.45) is 3.35. The van der Waals surface area contributed by atoms with Gasteiger partial charge in [-0.3, -0.25) is 4.79 Å². The Kier molecular flexibility index (Phi) is 5.04. The Morgan fingerprint density at radius 2 is 2.00 bits per heavy atom. The second-order valence-corrected chi connectivity index (χ2v) is 8.25. The summed E-state index contributed by atoms with van der Waals surface area (Å²) in [5.74, 6) is 1.27. The standard InChI is InChI=1S/C22H29N3O2/c1-3-24-15-19(18-7-5-4-6-8-18)14-22(16-24)9-11-25(12-10-22)21(26)20-13-17(2)27-23-20/h4-8,13,19H,3,9-12,14-16H2,1-2H3/t19-/m0/s1. The Bertz CT molecular complexity index is 778. The second kappa shape index (κ2) is 7.47. The lowest BCUT2D eigenvalue weighted by molar-refractivity contribution is 0.0155. The third-order valence-electron chi connectivity index (χ3n) is 6.39. The highest BCUT2D eigenvalue weighted by Gasteiger charge is 2.42. The average molecular weight is 367 g/mol. The number of nitrogens with zero attached hydrogens (tertiary/aromatic N) is 3. The minimum Gasteiger partial charge on any atom is -0.361 e. The molecule has 0 radical (unpaired) electrons. The smallest absolute Gasteiger partial charge is 0.276 e. The predicted molar refractivity (Wildman–Crippen MR) is 105 cm³/mol. The van der Waals surface area contributed by atoms with Gasteiger partial charge >= 0.3 is 0 Å². The van der Waals surface area contributed by atoms with E-state index in [2.05, 4.69) is 47.3 Å². The molecule has 1 aromatic carbocycles. The molecule has 5 heteroatoms. The van der Waals surface area contributed by atoms with Crippen molar-refractivity contribution in [3.8, 4) is 0 Å². The van der Waals surface area contributed by atoms with E-state index in [-0.39, 0.29) is 5.91 Å². The molecule has 5 nitrogen and oxygen atoms in total. The van der Waals surface area contributed by atoms with Gasteiger partial charge in [-0.15, -0.1) is 0 Å². The molecule has 0 bridgehead atoms. The monoisotopic (exact) mass is 367 g/mol. The summed E-state index contributed by atoms with van der Waals surface area (Å²) in [5.41, 5.74) is 2.20. The molecule has 2 aliphatic rings. The Morgan fingerprint density at radius 1 is 1.26 bits per heavy atom. The fourth-order valence-electron chi connectivity index (χ4n) is 4.87. The maximum Gasteiger partial charge on any atom is 0.276 e. The molecule has 4 rings (SSSR count). The first-order valence-corrected chi connectivity index (χ1v) is 10.1. The zero-order valence-corrected chi connectivity index (χ0v) is 16.4. The van der Waals surface area contributed by atoms with Crippen molar-refractivity contribution in [2.24, 2.45) is 5.41 Å². The van der Waals surface area contributed by atoms with Gasteiger partial charge < -0.3 is 14.3 Å². The van der Waals surface area contributed by atoms with E-state index < -0.39 is 0 Å². The van der Waals surface area contributed by atoms with Gasteiger partial charge in [0.25, 0.3) is 5.91 Å². The third kappa shape index (κ3) is 3.79. The fraction of sp³-hybridized carbons (Fsp3) is 0.545. The van der Waals surface area contributed by atoms with E-state index in [1.807, 2.05) is 11.8 Å². The minimum atomic E-state index is 0.00414. The molecule has 2 fully saturated rings. The van der Waals surface area contributed by atoms with Crippen LogP contribution in [0.3, 0.4) is 0 Å². The topological polar surface area (TPSA) is 49.6 Å². The Labute approximate surface area is 161 Å². The molecule has 0 unspecified atom stereocenters. The predicted octanol–water partition coefficient (Wildman–Crippen LogP) is 3.71. The van der Waals surface area contributed by atoms with Gasteiger partial charge in [-0.05, 0) is 49.6 Å². The number of piperidine rings is 2. The number of rotatable bonds is 3. The molecule has 0 N–H and O–H groups in total. The highest BCUT2D eigenvalue weighted by Crippen LogP contribution is 2.45. The normalized spacial score (nSPS) is 22.9. The summed E-state index contributed by atoms with van der Waals surface area (Å²) in [6.45, 7) is 9.08. The molecule has 144 valence electrons. The lowest BCUT2D eigenvalue weighted by Crippen LogP contribution is -2.52. The summed E-state index contributed by atoms with van der Waals surface area (Å²) in [5, 5.41) is 3.90. The number of likely N-dealkylation sites (tertiary alicyclic amines) is 2. The van der Waals surface area contributed by atoms with Crippen molar-refractivity contribution >= 4 is 5.91 Å². The van der Waals surface area contributed by atoms with Gasteiger partial charge in [0.05, 0.1) is 0 Å². The number of amides is 1. The summed E-state index contributed by atoms with van der Waals surface area (Å²) in [4.78, 5) is 17.2. The maximum absolute atomic E-state index is 12.7. The molecule has 3 heterocycles. The van der Waals surface area contributed by atoms with Gasteiger partial charge in [0.1, 0.15) is 5.76 Å². The number of aryl methyl sites for hydroxylation is 1. The highest BCUT2D eigenvalue weighted by molar-refractivity contribution is 5.92. The zero-order valence-electron chi connectivity index (χ0n) is 16.4. The van der Waals surface area contributed by atoms with Gasteiger partial charge in [-0.25, -0.2) is 0 Å². The van der Waals surface area contributed by atoms with Crippen LogP contribution in [0.1, 0.15) is 53.9 Å². The van der Waals surface area contributed by atoms with Crippen LogP contribution in [0.25, 0.3) is 0 Å². The van der Waals surface area contributed by atoms with E-state index >= 15 is 0 Å². The molecule has 1 spiro atoms. The van der Waals surface area contributed by atoms with Gasteiger partial charge in [-0.2, -0.15) is 0 Å². The number of hydrogen-bond acceptors (Lipinski definition) is 4. The van der Waals surface area contributed by atoms with Gasteiger partial charge in [-0.1, -0.05) is 42.4 Å². The lowest BCUT2D eigenvalue weighted by Gasteiger charge is -2.50. The van der Waals surface area contributed by atoms with Crippen LogP contribution < -0.4 is 0 Å². The van der Waals surface area contributed by atoms with Crippen LogP contribution in [-0.2, 0) is 0 Å². The summed E-state index contributed by atoms with van der Waals surface area (Å²) in [7, 11) is 0. The number of aromatic nitrogens is 1. The van der Waals surface area contributed by atoms with E-state index in [1.54, 1.807) is 6.07 Å². The molecular weight excluding hydrogens is 338 g/mol. The van der Waals surface area contributed by atoms with Crippen LogP contribution >= 0.6 is 0 Å². The summed E-state index contributed by atoms with van der Waals surface area (Å²) in [6, 6.07) is 12.7. The van der Waals surface area contributed by atoms with Crippen molar-refractivity contribution < 1.29 is 9.32 Å². The van der Waals surface area contributed by atoms with Crippen molar-refractivity contribution in [1.29, 1.82) is 0 Å². The Hall–Kier alpha value is -2.14. The van der Waals surface area contributed by atoms with Crippen LogP contribution in [0.2, 0.25) is 0 Å². The van der Waals surface area contributed by atoms with Gasteiger partial charge in [0.2, 0.25) is 0 Å². The van der Waals surface area contributed by atoms with Gasteiger partial charge in [0.15, 0.2) is 5.69 Å². The number of carbonyl (C=O) groups excluding carboxylic acids is 1. The molecule has 1 aromatic heterocycles. The van der Waals surface area contributed by atoms with E-state index in [0.29, 0.717) is 22.8 Å². The van der Waals surface area contributed by atoms with Crippen molar-refractivity contribution in [2.45, 2.75) is 39.0 Å². The Balaban J connectivity index is 1.46. The number of hydrogen-bond donors (Lipinski definition) is 0. The van der Waals surface area contributed by atoms with Crippen molar-refractivity contribution in [3.05, 3.63) is 53.4 Å². The quantitative estimate of drug-likeness (QED) is 0.830. The highest BCUT2D eigenvalue weighted by atomic mass is 16.5. The SMILES string of the molecule is CCN1C[C@@H](c2ccccc2)CC2(CCN(C(=O)c3cc(C)on3)CC2)C1. The molecular formula is C22H29N3O2. The number of likely N-dealkylation sites (N-methyl/N-ethyl adjacent to an activating group) is 1. The van der Waals surface area contributed by atoms with E-state index in [1.165, 1.54) is 12.0 Å². The Morgan fingerprint density at radius 3 is 2.63 bits per heavy atom. The first-order chi connectivity index (χ1) is 13.1. The van der Waals surface area contributed by atoms with E-state index in [9.17, 15) is 4.79 Å². The van der Waals surface area contributed by atoms with Crippen LogP contribution in [0.5, 0.6) is 0 Å². The molecule has 2 saturated heterocycles. The molecule has 1 amide bonds. The molecule has 1 atom stereocenters. The molecule has 0 saturated carbocycles. The van der Waals surface area contributed by atoms with E-state index in [4.69, 9.17) is 4.52 Å². The van der Waals surface area contributed by atoms with Crippen LogP contribution in [0, 0.1) is 12.3 Å². The summed E-state index contributed by atoms with van der Waals surface area (Å²) < 4.78 is 5.07. The summed E-state index contributed by atoms with van der Waals surface area (Å²) >= 11 is 0. The number of benzene rings is 1. The largest absolute Gasteiger partial charge is 0.361 e. The molecule has 0 aliphatic carbocycles. The first-order valence-electron chi connectivity index (χ1n) is 10.1. The average Bonchev–Trinajstić information content (AvgIpc) is 3.15. The fourth-order valence-corrected chi connectivity index (χ4v) is 4.87. The second-order valence-electron chi connectivity index (χ2n) is 8.25. The first kappa shape index (κ1) is 18.2. The lowest BCUT2D eigenvalue weighted by atomic mass is 9.68. The van der Waals surface area contributed by atoms with Crippen molar-refractivity contribution in [3.63, 3.8) is 0 Å². The van der Waals surface area contributed by atoms with Crippen molar-refractivity contribution in [1.82, 2.24) is 15.0 Å².